The van der Waals surface area contributed by atoms with E-state index in [-0.39, 0.29) is 5.92 Å². The number of fused-ring (bicyclic) bond motifs is 1. The first-order chi connectivity index (χ1) is 10.2. The predicted octanol–water partition coefficient (Wildman–Crippen LogP) is 3.42. The zero-order valence-corrected chi connectivity index (χ0v) is 13.1. The SMILES string of the molecule is O=C(O)C1CCc2sc(N3CCC4(CCCC4)CC3)nc21. The van der Waals surface area contributed by atoms with Crippen molar-refractivity contribution in [3.63, 3.8) is 0 Å². The lowest BCUT2D eigenvalue weighted by atomic mass is 9.77. The van der Waals surface area contributed by atoms with Crippen molar-refractivity contribution < 1.29 is 9.90 Å². The maximum Gasteiger partial charge on any atom is 0.312 e. The fraction of sp³-hybridized carbons (Fsp3) is 0.750. The summed E-state index contributed by atoms with van der Waals surface area (Å²) in [5.74, 6) is -1.08. The van der Waals surface area contributed by atoms with Gasteiger partial charge in [-0.05, 0) is 43.9 Å². The summed E-state index contributed by atoms with van der Waals surface area (Å²) in [4.78, 5) is 19.6. The molecule has 2 heterocycles. The number of carbonyl (C=O) groups is 1. The lowest BCUT2D eigenvalue weighted by Crippen LogP contribution is -2.38. The van der Waals surface area contributed by atoms with Crippen LogP contribution in [0.25, 0.3) is 0 Å². The Morgan fingerprint density at radius 3 is 2.62 bits per heavy atom. The molecule has 1 spiro atoms. The lowest BCUT2D eigenvalue weighted by molar-refractivity contribution is -0.138. The molecule has 0 bridgehead atoms. The first-order valence-corrected chi connectivity index (χ1v) is 8.96. The molecule has 2 fully saturated rings. The van der Waals surface area contributed by atoms with Crippen molar-refractivity contribution in [3.05, 3.63) is 10.6 Å². The zero-order chi connectivity index (χ0) is 14.4. The fourth-order valence-electron chi connectivity index (χ4n) is 4.39. The molecule has 0 aromatic carbocycles. The monoisotopic (exact) mass is 306 g/mol. The van der Waals surface area contributed by atoms with E-state index in [0.717, 1.165) is 36.8 Å². The van der Waals surface area contributed by atoms with Crippen molar-refractivity contribution in [2.45, 2.75) is 57.3 Å². The summed E-state index contributed by atoms with van der Waals surface area (Å²) in [5.41, 5.74) is 1.48. The van der Waals surface area contributed by atoms with E-state index in [9.17, 15) is 9.90 Å². The van der Waals surface area contributed by atoms with Gasteiger partial charge in [-0.25, -0.2) is 4.98 Å². The van der Waals surface area contributed by atoms with E-state index in [0.29, 0.717) is 5.41 Å². The smallest absolute Gasteiger partial charge is 0.312 e. The molecule has 1 atom stereocenters. The molecule has 4 nitrogen and oxygen atoms in total. The summed E-state index contributed by atoms with van der Waals surface area (Å²) in [6, 6.07) is 0. The van der Waals surface area contributed by atoms with Gasteiger partial charge in [0, 0.05) is 18.0 Å². The Balaban J connectivity index is 1.49. The van der Waals surface area contributed by atoms with Crippen molar-refractivity contribution >= 4 is 22.4 Å². The maximum absolute atomic E-state index is 11.3. The summed E-state index contributed by atoms with van der Waals surface area (Å²) in [5, 5.41) is 10.3. The Kier molecular flexibility index (Phi) is 3.21. The number of aliphatic carboxylic acids is 1. The number of carboxylic acid groups (broad SMARTS) is 1. The molecule has 21 heavy (non-hydrogen) atoms. The van der Waals surface area contributed by atoms with Crippen LogP contribution in [-0.4, -0.2) is 29.1 Å². The Morgan fingerprint density at radius 1 is 1.24 bits per heavy atom. The van der Waals surface area contributed by atoms with Gasteiger partial charge in [0.1, 0.15) is 5.92 Å². The number of carboxylic acids is 1. The first-order valence-electron chi connectivity index (χ1n) is 8.14. The third-order valence-electron chi connectivity index (χ3n) is 5.76. The van der Waals surface area contributed by atoms with Crippen LogP contribution in [0.5, 0.6) is 0 Å². The molecule has 0 radical (unpaired) electrons. The van der Waals surface area contributed by atoms with Gasteiger partial charge in [0.05, 0.1) is 5.69 Å². The number of hydrogen-bond donors (Lipinski definition) is 1. The third kappa shape index (κ3) is 2.26. The van der Waals surface area contributed by atoms with E-state index >= 15 is 0 Å². The number of hydrogen-bond acceptors (Lipinski definition) is 4. The van der Waals surface area contributed by atoms with Crippen molar-refractivity contribution in [1.29, 1.82) is 0 Å². The highest BCUT2D eigenvalue weighted by Crippen LogP contribution is 2.47. The standard InChI is InChI=1S/C16H22N2O2S/c19-14(20)11-3-4-12-13(11)17-15(21-12)18-9-7-16(8-10-18)5-1-2-6-16/h11H,1-10H2,(H,19,20). The molecule has 1 saturated carbocycles. The summed E-state index contributed by atoms with van der Waals surface area (Å²) >= 11 is 1.73. The maximum atomic E-state index is 11.3. The molecule has 4 rings (SSSR count). The van der Waals surface area contributed by atoms with E-state index in [2.05, 4.69) is 4.90 Å². The van der Waals surface area contributed by atoms with E-state index in [1.54, 1.807) is 11.3 Å². The summed E-state index contributed by atoms with van der Waals surface area (Å²) in [6.07, 6.45) is 9.85. The molecule has 0 amide bonds. The van der Waals surface area contributed by atoms with Gasteiger partial charge in [0.25, 0.3) is 0 Å². The van der Waals surface area contributed by atoms with Crippen molar-refractivity contribution in [1.82, 2.24) is 4.98 Å². The van der Waals surface area contributed by atoms with Gasteiger partial charge in [-0.15, -0.1) is 11.3 Å². The molecule has 1 saturated heterocycles. The Hall–Kier alpha value is -1.10. The molecule has 1 aromatic rings. The molecular weight excluding hydrogens is 284 g/mol. The van der Waals surface area contributed by atoms with Gasteiger partial charge in [0.15, 0.2) is 5.13 Å². The zero-order valence-electron chi connectivity index (χ0n) is 12.3. The Bertz CT molecular complexity index is 553. The van der Waals surface area contributed by atoms with Gasteiger partial charge in [-0.3, -0.25) is 4.79 Å². The van der Waals surface area contributed by atoms with Crippen LogP contribution >= 0.6 is 11.3 Å². The fourth-order valence-corrected chi connectivity index (χ4v) is 5.58. The molecule has 2 aliphatic carbocycles. The van der Waals surface area contributed by atoms with E-state index in [4.69, 9.17) is 4.98 Å². The molecule has 5 heteroatoms. The van der Waals surface area contributed by atoms with Crippen molar-refractivity contribution in [2.24, 2.45) is 5.41 Å². The van der Waals surface area contributed by atoms with Crippen LogP contribution in [-0.2, 0) is 11.2 Å². The molecule has 1 aliphatic heterocycles. The van der Waals surface area contributed by atoms with E-state index in [1.165, 1.54) is 43.4 Å². The van der Waals surface area contributed by atoms with Gasteiger partial charge < -0.3 is 10.0 Å². The van der Waals surface area contributed by atoms with Crippen LogP contribution in [0, 0.1) is 5.41 Å². The molecular formula is C16H22N2O2S. The number of rotatable bonds is 2. The lowest BCUT2D eigenvalue weighted by Gasteiger charge is -2.39. The van der Waals surface area contributed by atoms with Crippen molar-refractivity contribution in [3.8, 4) is 0 Å². The number of piperidine rings is 1. The number of nitrogens with zero attached hydrogens (tertiary/aromatic N) is 2. The number of anilines is 1. The highest BCUT2D eigenvalue weighted by molar-refractivity contribution is 7.15. The second-order valence-electron chi connectivity index (χ2n) is 6.93. The van der Waals surface area contributed by atoms with Crippen LogP contribution < -0.4 is 4.90 Å². The topological polar surface area (TPSA) is 53.4 Å². The molecule has 114 valence electrons. The highest BCUT2D eigenvalue weighted by atomic mass is 32.1. The van der Waals surface area contributed by atoms with Crippen molar-refractivity contribution in [2.75, 3.05) is 18.0 Å². The third-order valence-corrected chi connectivity index (χ3v) is 6.96. The van der Waals surface area contributed by atoms with Crippen LogP contribution in [0.2, 0.25) is 0 Å². The number of aryl methyl sites for hydroxylation is 1. The quantitative estimate of drug-likeness (QED) is 0.909. The summed E-state index contributed by atoms with van der Waals surface area (Å²) in [7, 11) is 0. The second-order valence-corrected chi connectivity index (χ2v) is 7.99. The van der Waals surface area contributed by atoms with Gasteiger partial charge in [-0.2, -0.15) is 0 Å². The molecule has 1 unspecified atom stereocenters. The minimum atomic E-state index is -0.714. The van der Waals surface area contributed by atoms with Gasteiger partial charge in [0.2, 0.25) is 0 Å². The van der Waals surface area contributed by atoms with Crippen LogP contribution in [0.3, 0.4) is 0 Å². The second kappa shape index (κ2) is 4.97. The molecule has 3 aliphatic rings. The summed E-state index contributed by atoms with van der Waals surface area (Å²) < 4.78 is 0. The molecule has 1 aromatic heterocycles. The predicted molar refractivity (Wildman–Crippen MR) is 83.2 cm³/mol. The summed E-state index contributed by atoms with van der Waals surface area (Å²) in [6.45, 7) is 2.20. The first kappa shape index (κ1) is 13.6. The van der Waals surface area contributed by atoms with Gasteiger partial charge >= 0.3 is 5.97 Å². The largest absolute Gasteiger partial charge is 0.481 e. The van der Waals surface area contributed by atoms with E-state index in [1.807, 2.05) is 0 Å². The average Bonchev–Trinajstić information content (AvgIpc) is 3.14. The Labute approximate surface area is 129 Å². The van der Waals surface area contributed by atoms with Crippen LogP contribution in [0.15, 0.2) is 0 Å². The molecule has 1 N–H and O–H groups in total. The normalized spacial score (nSPS) is 27.2. The number of thiazole rings is 1. The number of aromatic nitrogens is 1. The van der Waals surface area contributed by atoms with E-state index < -0.39 is 5.97 Å². The highest BCUT2D eigenvalue weighted by Gasteiger charge is 2.38. The minimum Gasteiger partial charge on any atom is -0.481 e. The van der Waals surface area contributed by atoms with Crippen LogP contribution in [0.4, 0.5) is 5.13 Å². The Morgan fingerprint density at radius 2 is 1.95 bits per heavy atom. The minimum absolute atomic E-state index is 0.365. The van der Waals surface area contributed by atoms with Gasteiger partial charge in [-0.1, -0.05) is 12.8 Å². The van der Waals surface area contributed by atoms with Crippen LogP contribution in [0.1, 0.15) is 61.4 Å². The average molecular weight is 306 g/mol.